The Kier molecular flexibility index (Phi) is 2.63. The van der Waals surface area contributed by atoms with E-state index in [-0.39, 0.29) is 0 Å². The SMILES string of the molecule is CC1=CC=C(OC(F)F)CC1. The van der Waals surface area contributed by atoms with Gasteiger partial charge in [-0.15, -0.1) is 0 Å². The lowest BCUT2D eigenvalue weighted by Gasteiger charge is -2.12. The summed E-state index contributed by atoms with van der Waals surface area (Å²) in [5, 5.41) is 0. The van der Waals surface area contributed by atoms with Gasteiger partial charge in [-0.1, -0.05) is 11.6 Å². The van der Waals surface area contributed by atoms with Crippen molar-refractivity contribution in [1.29, 1.82) is 0 Å². The number of rotatable bonds is 2. The zero-order valence-electron chi connectivity index (χ0n) is 6.31. The first-order valence-electron chi connectivity index (χ1n) is 3.49. The van der Waals surface area contributed by atoms with Crippen molar-refractivity contribution >= 4 is 0 Å². The lowest BCUT2D eigenvalue weighted by molar-refractivity contribution is -0.0985. The fourth-order valence-electron chi connectivity index (χ4n) is 0.935. The maximum Gasteiger partial charge on any atom is 0.387 e. The molecule has 0 aromatic carbocycles. The predicted octanol–water partition coefficient (Wildman–Crippen LogP) is 2.85. The van der Waals surface area contributed by atoms with Crippen molar-refractivity contribution in [2.45, 2.75) is 26.4 Å². The van der Waals surface area contributed by atoms with Crippen molar-refractivity contribution in [1.82, 2.24) is 0 Å². The van der Waals surface area contributed by atoms with Gasteiger partial charge < -0.3 is 4.74 Å². The summed E-state index contributed by atoms with van der Waals surface area (Å²) < 4.78 is 27.5. The van der Waals surface area contributed by atoms with Crippen LogP contribution in [-0.4, -0.2) is 6.61 Å². The first-order chi connectivity index (χ1) is 5.18. The lowest BCUT2D eigenvalue weighted by atomic mass is 10.1. The van der Waals surface area contributed by atoms with E-state index in [1.165, 1.54) is 5.57 Å². The minimum Gasteiger partial charge on any atom is -0.439 e. The third-order valence-electron chi connectivity index (χ3n) is 1.56. The Labute approximate surface area is 64.4 Å². The largest absolute Gasteiger partial charge is 0.439 e. The summed E-state index contributed by atoms with van der Waals surface area (Å²) in [6, 6.07) is 0. The topological polar surface area (TPSA) is 9.23 Å². The molecule has 1 aliphatic carbocycles. The molecule has 11 heavy (non-hydrogen) atoms. The highest BCUT2D eigenvalue weighted by atomic mass is 19.3. The van der Waals surface area contributed by atoms with Gasteiger partial charge in [0, 0.05) is 6.42 Å². The third-order valence-corrected chi connectivity index (χ3v) is 1.56. The molecule has 1 aliphatic rings. The molecule has 0 spiro atoms. The van der Waals surface area contributed by atoms with Crippen LogP contribution in [0.5, 0.6) is 0 Å². The second-order valence-electron chi connectivity index (χ2n) is 2.52. The molecule has 0 heterocycles. The van der Waals surface area contributed by atoms with Crippen LogP contribution in [0.2, 0.25) is 0 Å². The molecule has 0 aliphatic heterocycles. The van der Waals surface area contributed by atoms with E-state index in [1.54, 1.807) is 12.2 Å². The fraction of sp³-hybridized carbons (Fsp3) is 0.500. The van der Waals surface area contributed by atoms with Gasteiger partial charge in [0.05, 0.1) is 0 Å². The van der Waals surface area contributed by atoms with Crippen LogP contribution < -0.4 is 0 Å². The molecule has 1 nitrogen and oxygen atoms in total. The number of hydrogen-bond acceptors (Lipinski definition) is 1. The monoisotopic (exact) mass is 160 g/mol. The Morgan fingerprint density at radius 2 is 2.09 bits per heavy atom. The average Bonchev–Trinajstić information content (AvgIpc) is 1.93. The van der Waals surface area contributed by atoms with E-state index >= 15 is 0 Å². The molecular formula is C8H10F2O. The molecular weight excluding hydrogens is 150 g/mol. The average molecular weight is 160 g/mol. The van der Waals surface area contributed by atoms with Gasteiger partial charge in [0.1, 0.15) is 5.76 Å². The minimum atomic E-state index is -2.69. The Morgan fingerprint density at radius 3 is 2.55 bits per heavy atom. The van der Waals surface area contributed by atoms with Gasteiger partial charge >= 0.3 is 6.61 Å². The maximum atomic E-state index is 11.6. The van der Waals surface area contributed by atoms with Crippen molar-refractivity contribution in [2.24, 2.45) is 0 Å². The number of ether oxygens (including phenoxy) is 1. The number of alkyl halides is 2. The molecule has 1 rings (SSSR count). The second-order valence-corrected chi connectivity index (χ2v) is 2.52. The summed E-state index contributed by atoms with van der Waals surface area (Å²) in [6.07, 6.45) is 4.82. The zero-order valence-corrected chi connectivity index (χ0v) is 6.31. The van der Waals surface area contributed by atoms with Gasteiger partial charge in [-0.05, 0) is 19.4 Å². The summed E-state index contributed by atoms with van der Waals surface area (Å²) in [6.45, 7) is -0.719. The molecule has 3 heteroatoms. The molecule has 0 fully saturated rings. The highest BCUT2D eigenvalue weighted by Gasteiger charge is 2.09. The van der Waals surface area contributed by atoms with Crippen molar-refractivity contribution in [2.75, 3.05) is 0 Å². The van der Waals surface area contributed by atoms with Gasteiger partial charge in [0.25, 0.3) is 0 Å². The van der Waals surface area contributed by atoms with E-state index in [2.05, 4.69) is 4.74 Å². The Bertz CT molecular complexity index is 194. The lowest BCUT2D eigenvalue weighted by Crippen LogP contribution is -2.01. The Morgan fingerprint density at radius 1 is 1.36 bits per heavy atom. The molecule has 0 atom stereocenters. The summed E-state index contributed by atoms with van der Waals surface area (Å²) in [5.41, 5.74) is 1.20. The van der Waals surface area contributed by atoms with Crippen molar-refractivity contribution in [3.8, 4) is 0 Å². The van der Waals surface area contributed by atoms with Crippen LogP contribution in [0.4, 0.5) is 8.78 Å². The van der Waals surface area contributed by atoms with E-state index in [1.807, 2.05) is 6.92 Å². The number of halogens is 2. The normalized spacial score (nSPS) is 17.8. The molecule has 0 saturated carbocycles. The highest BCUT2D eigenvalue weighted by molar-refractivity contribution is 5.19. The van der Waals surface area contributed by atoms with Crippen molar-refractivity contribution < 1.29 is 13.5 Å². The van der Waals surface area contributed by atoms with Crippen LogP contribution >= 0.6 is 0 Å². The van der Waals surface area contributed by atoms with E-state index in [4.69, 9.17) is 0 Å². The second kappa shape index (κ2) is 3.51. The molecule has 0 aromatic rings. The van der Waals surface area contributed by atoms with Crippen molar-refractivity contribution in [3.05, 3.63) is 23.5 Å². The minimum absolute atomic E-state index is 0.380. The summed E-state index contributed by atoms with van der Waals surface area (Å²) >= 11 is 0. The van der Waals surface area contributed by atoms with Crippen molar-refractivity contribution in [3.63, 3.8) is 0 Å². The van der Waals surface area contributed by atoms with E-state index in [0.29, 0.717) is 12.2 Å². The Hall–Kier alpha value is -0.860. The van der Waals surface area contributed by atoms with Gasteiger partial charge in [-0.25, -0.2) is 0 Å². The highest BCUT2D eigenvalue weighted by Crippen LogP contribution is 2.20. The predicted molar refractivity (Wildman–Crippen MR) is 38.2 cm³/mol. The summed E-state index contributed by atoms with van der Waals surface area (Å²) in [4.78, 5) is 0. The van der Waals surface area contributed by atoms with Gasteiger partial charge in [-0.3, -0.25) is 0 Å². The number of hydrogen-bond donors (Lipinski definition) is 0. The van der Waals surface area contributed by atoms with Crippen LogP contribution in [-0.2, 0) is 4.74 Å². The van der Waals surface area contributed by atoms with Crippen LogP contribution in [0.15, 0.2) is 23.5 Å². The molecule has 62 valence electrons. The van der Waals surface area contributed by atoms with E-state index in [9.17, 15) is 8.78 Å². The Balaban J connectivity index is 2.48. The molecule has 0 radical (unpaired) electrons. The smallest absolute Gasteiger partial charge is 0.387 e. The van der Waals surface area contributed by atoms with Crippen LogP contribution in [0.3, 0.4) is 0 Å². The van der Waals surface area contributed by atoms with Gasteiger partial charge in [0.2, 0.25) is 0 Å². The molecule has 0 saturated heterocycles. The van der Waals surface area contributed by atoms with E-state index in [0.717, 1.165) is 6.42 Å². The summed E-state index contributed by atoms with van der Waals surface area (Å²) in [7, 11) is 0. The molecule has 0 unspecified atom stereocenters. The zero-order chi connectivity index (χ0) is 8.27. The van der Waals surface area contributed by atoms with Gasteiger partial charge in [-0.2, -0.15) is 8.78 Å². The summed E-state index contributed by atoms with van der Waals surface area (Å²) in [5.74, 6) is 0.380. The molecule has 0 aromatic heterocycles. The van der Waals surface area contributed by atoms with Gasteiger partial charge in [0.15, 0.2) is 0 Å². The first-order valence-corrected chi connectivity index (χ1v) is 3.49. The molecule has 0 bridgehead atoms. The standard InChI is InChI=1S/C8H10F2O/c1-6-2-4-7(5-3-6)11-8(9)10/h2,4,8H,3,5H2,1H3. The quantitative estimate of drug-likeness (QED) is 0.603. The van der Waals surface area contributed by atoms with Crippen LogP contribution in [0, 0.1) is 0 Å². The van der Waals surface area contributed by atoms with Crippen LogP contribution in [0.1, 0.15) is 19.8 Å². The number of allylic oxidation sites excluding steroid dienone is 4. The van der Waals surface area contributed by atoms with Crippen LogP contribution in [0.25, 0.3) is 0 Å². The molecule has 0 N–H and O–H groups in total. The fourth-order valence-corrected chi connectivity index (χ4v) is 0.935. The van der Waals surface area contributed by atoms with E-state index < -0.39 is 6.61 Å². The third kappa shape index (κ3) is 2.70. The first kappa shape index (κ1) is 8.24. The molecule has 0 amide bonds. The maximum absolute atomic E-state index is 11.6.